The first-order valence-corrected chi connectivity index (χ1v) is 6.50. The monoisotopic (exact) mass is 239 g/mol. The van der Waals surface area contributed by atoms with E-state index >= 15 is 0 Å². The van der Waals surface area contributed by atoms with Gasteiger partial charge in [0.25, 0.3) is 0 Å². The van der Waals surface area contributed by atoms with Gasteiger partial charge in [-0.05, 0) is 30.0 Å². The van der Waals surface area contributed by atoms with Crippen LogP contribution in [0.1, 0.15) is 45.1 Å². The average Bonchev–Trinajstić information content (AvgIpc) is 2.24. The van der Waals surface area contributed by atoms with E-state index in [-0.39, 0.29) is 0 Å². The van der Waals surface area contributed by atoms with Crippen LogP contribution in [0.5, 0.6) is 0 Å². The Hall–Kier alpha value is -0.530. The largest absolute Gasteiger partial charge is 0.314 e. The maximum Gasteiger partial charge on any atom is 0.0408 e. The third-order valence-electron chi connectivity index (χ3n) is 2.73. The molecule has 1 aromatic carbocycles. The lowest BCUT2D eigenvalue weighted by Crippen LogP contribution is -2.28. The van der Waals surface area contributed by atoms with E-state index in [1.54, 1.807) is 0 Å². The van der Waals surface area contributed by atoms with Crippen molar-refractivity contribution in [3.05, 3.63) is 34.9 Å². The Bertz CT molecular complexity index is 309. The Morgan fingerprint density at radius 1 is 1.31 bits per heavy atom. The number of rotatable bonds is 6. The summed E-state index contributed by atoms with van der Waals surface area (Å²) in [6.45, 7) is 7.63. The lowest BCUT2D eigenvalue weighted by Gasteiger charge is -2.19. The predicted molar refractivity (Wildman–Crippen MR) is 72.2 cm³/mol. The van der Waals surface area contributed by atoms with Crippen molar-refractivity contribution in [1.29, 1.82) is 0 Å². The van der Waals surface area contributed by atoms with Crippen LogP contribution < -0.4 is 5.32 Å². The van der Waals surface area contributed by atoms with E-state index in [4.69, 9.17) is 11.6 Å². The molecular formula is C14H22ClN. The lowest BCUT2D eigenvalue weighted by molar-refractivity contribution is 0.504. The maximum absolute atomic E-state index is 6.03. The first-order valence-electron chi connectivity index (χ1n) is 6.12. The minimum absolute atomic E-state index is 0.540. The van der Waals surface area contributed by atoms with Crippen molar-refractivity contribution in [2.45, 2.75) is 45.6 Å². The Morgan fingerprint density at radius 3 is 2.62 bits per heavy atom. The molecule has 1 N–H and O–H groups in total. The standard InChI is InChI=1S/C14H22ClN/c1-4-6-13(10-16-11(2)3)12-7-5-8-14(15)9-12/h5,7-9,11,13,16H,4,6,10H2,1-3H3. The van der Waals surface area contributed by atoms with Gasteiger partial charge in [-0.1, -0.05) is 50.9 Å². The quantitative estimate of drug-likeness (QED) is 0.784. The highest BCUT2D eigenvalue weighted by atomic mass is 35.5. The molecule has 0 aliphatic rings. The number of halogens is 1. The molecule has 0 bridgehead atoms. The van der Waals surface area contributed by atoms with Gasteiger partial charge in [0.05, 0.1) is 0 Å². The molecule has 0 saturated heterocycles. The summed E-state index contributed by atoms with van der Waals surface area (Å²) in [6, 6.07) is 8.77. The van der Waals surface area contributed by atoms with E-state index < -0.39 is 0 Å². The summed E-state index contributed by atoms with van der Waals surface area (Å²) in [6.07, 6.45) is 2.41. The minimum Gasteiger partial charge on any atom is -0.314 e. The highest BCUT2D eigenvalue weighted by molar-refractivity contribution is 6.30. The van der Waals surface area contributed by atoms with Crippen LogP contribution in [0.15, 0.2) is 24.3 Å². The van der Waals surface area contributed by atoms with Crippen molar-refractivity contribution in [2.75, 3.05) is 6.54 Å². The topological polar surface area (TPSA) is 12.0 Å². The van der Waals surface area contributed by atoms with Crippen LogP contribution in [-0.4, -0.2) is 12.6 Å². The Morgan fingerprint density at radius 2 is 2.06 bits per heavy atom. The van der Waals surface area contributed by atoms with Crippen LogP contribution in [0.4, 0.5) is 0 Å². The van der Waals surface area contributed by atoms with Gasteiger partial charge in [0.15, 0.2) is 0 Å². The third kappa shape index (κ3) is 4.54. The fourth-order valence-electron chi connectivity index (χ4n) is 1.87. The van der Waals surface area contributed by atoms with E-state index in [1.165, 1.54) is 18.4 Å². The molecule has 0 amide bonds. The fraction of sp³-hybridized carbons (Fsp3) is 0.571. The Kier molecular flexibility index (Phi) is 5.86. The zero-order valence-corrected chi connectivity index (χ0v) is 11.2. The summed E-state index contributed by atoms with van der Waals surface area (Å²) in [7, 11) is 0. The highest BCUT2D eigenvalue weighted by Gasteiger charge is 2.11. The average molecular weight is 240 g/mol. The minimum atomic E-state index is 0.540. The van der Waals surface area contributed by atoms with Crippen molar-refractivity contribution < 1.29 is 0 Å². The smallest absolute Gasteiger partial charge is 0.0408 e. The number of nitrogens with one attached hydrogen (secondary N) is 1. The van der Waals surface area contributed by atoms with Crippen molar-refractivity contribution in [1.82, 2.24) is 5.32 Å². The van der Waals surface area contributed by atoms with Crippen molar-refractivity contribution in [3.63, 3.8) is 0 Å². The van der Waals surface area contributed by atoms with E-state index in [1.807, 2.05) is 12.1 Å². The molecule has 0 saturated carbocycles. The number of hydrogen-bond acceptors (Lipinski definition) is 1. The van der Waals surface area contributed by atoms with Gasteiger partial charge in [0.2, 0.25) is 0 Å². The van der Waals surface area contributed by atoms with Crippen molar-refractivity contribution in [3.8, 4) is 0 Å². The summed E-state index contributed by atoms with van der Waals surface area (Å²) in [5, 5.41) is 4.34. The number of hydrogen-bond donors (Lipinski definition) is 1. The van der Waals surface area contributed by atoms with Crippen LogP contribution in [0, 0.1) is 0 Å². The molecule has 2 heteroatoms. The van der Waals surface area contributed by atoms with E-state index in [9.17, 15) is 0 Å². The van der Waals surface area contributed by atoms with Crippen LogP contribution in [0.2, 0.25) is 5.02 Å². The molecule has 0 aliphatic carbocycles. The van der Waals surface area contributed by atoms with Crippen molar-refractivity contribution >= 4 is 11.6 Å². The molecule has 1 rings (SSSR count). The molecular weight excluding hydrogens is 218 g/mol. The third-order valence-corrected chi connectivity index (χ3v) is 2.96. The van der Waals surface area contributed by atoms with E-state index in [2.05, 4.69) is 38.2 Å². The van der Waals surface area contributed by atoms with Crippen LogP contribution in [-0.2, 0) is 0 Å². The molecule has 1 nitrogen and oxygen atoms in total. The lowest BCUT2D eigenvalue weighted by atomic mass is 9.94. The summed E-state index contributed by atoms with van der Waals surface area (Å²) < 4.78 is 0. The van der Waals surface area contributed by atoms with Gasteiger partial charge in [-0.15, -0.1) is 0 Å². The molecule has 0 fully saturated rings. The molecule has 0 spiro atoms. The van der Waals surface area contributed by atoms with Crippen LogP contribution in [0.25, 0.3) is 0 Å². The molecule has 0 heterocycles. The normalized spacial score (nSPS) is 13.1. The molecule has 90 valence electrons. The first-order chi connectivity index (χ1) is 7.63. The van der Waals surface area contributed by atoms with E-state index in [0.29, 0.717) is 12.0 Å². The van der Waals surface area contributed by atoms with Crippen LogP contribution >= 0.6 is 11.6 Å². The second-order valence-corrected chi connectivity index (χ2v) is 5.04. The summed E-state index contributed by atoms with van der Waals surface area (Å²) in [5.41, 5.74) is 1.35. The zero-order valence-electron chi connectivity index (χ0n) is 10.5. The van der Waals surface area contributed by atoms with Crippen molar-refractivity contribution in [2.24, 2.45) is 0 Å². The first kappa shape index (κ1) is 13.5. The molecule has 1 aromatic rings. The second-order valence-electron chi connectivity index (χ2n) is 4.60. The fourth-order valence-corrected chi connectivity index (χ4v) is 2.07. The SMILES string of the molecule is CCCC(CNC(C)C)c1cccc(Cl)c1. The zero-order chi connectivity index (χ0) is 12.0. The van der Waals surface area contributed by atoms with Gasteiger partial charge >= 0.3 is 0 Å². The highest BCUT2D eigenvalue weighted by Crippen LogP contribution is 2.23. The molecule has 16 heavy (non-hydrogen) atoms. The van der Waals surface area contributed by atoms with Gasteiger partial charge < -0.3 is 5.32 Å². The summed E-state index contributed by atoms with van der Waals surface area (Å²) in [5.74, 6) is 0.575. The predicted octanol–water partition coefficient (Wildman–Crippen LogP) is 4.22. The molecule has 0 aromatic heterocycles. The van der Waals surface area contributed by atoms with Gasteiger partial charge in [-0.3, -0.25) is 0 Å². The van der Waals surface area contributed by atoms with E-state index in [0.717, 1.165) is 11.6 Å². The molecule has 0 aliphatic heterocycles. The molecule has 1 atom stereocenters. The summed E-state index contributed by atoms with van der Waals surface area (Å²) in [4.78, 5) is 0. The molecule has 1 unspecified atom stereocenters. The van der Waals surface area contributed by atoms with Gasteiger partial charge in [-0.25, -0.2) is 0 Å². The molecule has 0 radical (unpaired) electrons. The van der Waals surface area contributed by atoms with Crippen LogP contribution in [0.3, 0.4) is 0 Å². The van der Waals surface area contributed by atoms with Gasteiger partial charge in [0, 0.05) is 17.6 Å². The Labute approximate surface area is 104 Å². The Balaban J connectivity index is 2.68. The maximum atomic E-state index is 6.03. The van der Waals surface area contributed by atoms with Gasteiger partial charge in [-0.2, -0.15) is 0 Å². The number of benzene rings is 1. The van der Waals surface area contributed by atoms with Gasteiger partial charge in [0.1, 0.15) is 0 Å². The summed E-state index contributed by atoms with van der Waals surface area (Å²) >= 11 is 6.03. The second kappa shape index (κ2) is 6.93.